The number of rotatable bonds is 2. The van der Waals surface area contributed by atoms with E-state index in [0.717, 1.165) is 27.5 Å². The second kappa shape index (κ2) is 4.62. The molecule has 82 valence electrons. The number of carbonyl (C=O) groups excluding carboxylic acids is 1. The number of aryl methyl sites for hydroxylation is 1. The number of nitrogens with zero attached hydrogens (tertiary/aromatic N) is 2. The Bertz CT molecular complexity index is 573. The Kier molecular flexibility index (Phi) is 3.38. The summed E-state index contributed by atoms with van der Waals surface area (Å²) in [5.74, 6) is 0.733. The van der Waals surface area contributed by atoms with Crippen molar-refractivity contribution in [3.63, 3.8) is 0 Å². The van der Waals surface area contributed by atoms with Crippen molar-refractivity contribution in [3.8, 4) is 0 Å². The number of nitrogens with one attached hydrogen (secondary N) is 1. The summed E-state index contributed by atoms with van der Waals surface area (Å²) in [7, 11) is 0. The zero-order valence-corrected chi connectivity index (χ0v) is 12.0. The molecule has 0 bridgehead atoms. The molecule has 2 heterocycles. The Balaban J connectivity index is 2.82. The van der Waals surface area contributed by atoms with Crippen molar-refractivity contribution in [2.75, 3.05) is 3.53 Å². The van der Waals surface area contributed by atoms with Gasteiger partial charge < -0.3 is 3.53 Å². The fourth-order valence-corrected chi connectivity index (χ4v) is 2.58. The van der Waals surface area contributed by atoms with Gasteiger partial charge in [-0.05, 0) is 34.5 Å². The molecule has 2 aromatic heterocycles. The van der Waals surface area contributed by atoms with Crippen LogP contribution in [0.25, 0.3) is 11.0 Å². The number of anilines is 1. The summed E-state index contributed by atoms with van der Waals surface area (Å²) < 4.78 is 3.85. The normalized spacial score (nSPS) is 10.4. The zero-order chi connectivity index (χ0) is 11.7. The molecule has 0 aliphatic heterocycles. The monoisotopic (exact) mass is 391 g/mol. The summed E-state index contributed by atoms with van der Waals surface area (Å²) in [5, 5.41) is 0.881. The second-order valence-corrected chi connectivity index (χ2v) is 4.58. The van der Waals surface area contributed by atoms with E-state index in [2.05, 4.69) is 29.4 Å². The van der Waals surface area contributed by atoms with Crippen LogP contribution >= 0.6 is 38.8 Å². The van der Waals surface area contributed by atoms with E-state index in [0.29, 0.717) is 11.2 Å². The first-order valence-electron chi connectivity index (χ1n) is 4.45. The van der Waals surface area contributed by atoms with Gasteiger partial charge in [0.2, 0.25) is 0 Å². The highest BCUT2D eigenvalue weighted by molar-refractivity contribution is 14.1. The third-order valence-corrected chi connectivity index (χ3v) is 3.75. The van der Waals surface area contributed by atoms with E-state index in [4.69, 9.17) is 0 Å². The molecule has 0 saturated carbocycles. The third-order valence-electron chi connectivity index (χ3n) is 2.27. The Morgan fingerprint density at radius 3 is 2.94 bits per heavy atom. The number of pyridine rings is 2. The van der Waals surface area contributed by atoms with Gasteiger partial charge in [-0.2, -0.15) is 0 Å². The first-order chi connectivity index (χ1) is 7.67. The number of carbonyl (C=O) groups is 1. The van der Waals surface area contributed by atoms with Gasteiger partial charge in [0.1, 0.15) is 0 Å². The second-order valence-electron chi connectivity index (χ2n) is 3.25. The molecule has 0 aliphatic carbocycles. The third kappa shape index (κ3) is 1.91. The molecule has 0 saturated heterocycles. The molecule has 0 atom stereocenters. The Hall–Kier alpha value is -0.760. The first kappa shape index (κ1) is 11.7. The maximum absolute atomic E-state index is 10.7. The summed E-state index contributed by atoms with van der Waals surface area (Å²) in [6.45, 7) is 1.96. The predicted molar refractivity (Wildman–Crippen MR) is 75.0 cm³/mol. The molecular formula is C10H7BrIN3O. The van der Waals surface area contributed by atoms with Crippen molar-refractivity contribution in [3.05, 3.63) is 27.9 Å². The fourth-order valence-electron chi connectivity index (χ4n) is 1.42. The molecular weight excluding hydrogens is 385 g/mol. The lowest BCUT2D eigenvalue weighted by atomic mass is 10.1. The lowest BCUT2D eigenvalue weighted by molar-refractivity contribution is 0.112. The molecule has 2 rings (SSSR count). The number of hydrogen-bond acceptors (Lipinski definition) is 4. The van der Waals surface area contributed by atoms with E-state index < -0.39 is 0 Å². The van der Waals surface area contributed by atoms with Crippen LogP contribution in [0, 0.1) is 6.92 Å². The lowest BCUT2D eigenvalue weighted by Crippen LogP contribution is -1.95. The van der Waals surface area contributed by atoms with Gasteiger partial charge in [-0.1, -0.05) is 0 Å². The highest BCUT2D eigenvalue weighted by Crippen LogP contribution is 2.30. The maximum atomic E-state index is 10.7. The minimum absolute atomic E-state index is 0.555. The van der Waals surface area contributed by atoms with Crippen LogP contribution < -0.4 is 3.53 Å². The van der Waals surface area contributed by atoms with E-state index in [-0.39, 0.29) is 0 Å². The van der Waals surface area contributed by atoms with E-state index in [9.17, 15) is 4.79 Å². The van der Waals surface area contributed by atoms with E-state index in [1.54, 1.807) is 6.07 Å². The molecule has 0 spiro atoms. The Morgan fingerprint density at radius 2 is 2.31 bits per heavy atom. The van der Waals surface area contributed by atoms with Gasteiger partial charge in [0.05, 0.1) is 27.3 Å². The van der Waals surface area contributed by atoms with Gasteiger partial charge in [-0.25, -0.2) is 9.97 Å². The highest BCUT2D eigenvalue weighted by atomic mass is 127. The van der Waals surface area contributed by atoms with Crippen LogP contribution in [-0.2, 0) is 0 Å². The largest absolute Gasteiger partial charge is 0.312 e. The van der Waals surface area contributed by atoms with Crippen LogP contribution in [-0.4, -0.2) is 16.3 Å². The van der Waals surface area contributed by atoms with Crippen LogP contribution in [0.2, 0.25) is 0 Å². The molecule has 0 aliphatic rings. The van der Waals surface area contributed by atoms with Crippen LogP contribution in [0.3, 0.4) is 0 Å². The topological polar surface area (TPSA) is 54.9 Å². The standard InChI is InChI=1S/C10H7BrIN3O/c1-5-7-2-6(4-16)3-13-9(7)14-10(15-12)8(5)11/h2-4H,1H3,(H,13,14,15). The van der Waals surface area contributed by atoms with Crippen LogP contribution in [0.15, 0.2) is 16.7 Å². The van der Waals surface area contributed by atoms with Crippen molar-refractivity contribution in [2.24, 2.45) is 0 Å². The summed E-state index contributed by atoms with van der Waals surface area (Å²) >= 11 is 5.48. The van der Waals surface area contributed by atoms with Crippen molar-refractivity contribution in [1.82, 2.24) is 9.97 Å². The quantitative estimate of drug-likeness (QED) is 0.485. The summed E-state index contributed by atoms with van der Waals surface area (Å²) in [4.78, 5) is 19.2. The molecule has 1 N–H and O–H groups in total. The number of aldehydes is 1. The van der Waals surface area contributed by atoms with Crippen molar-refractivity contribution in [1.29, 1.82) is 0 Å². The van der Waals surface area contributed by atoms with E-state index >= 15 is 0 Å². The van der Waals surface area contributed by atoms with Crippen LogP contribution in [0.5, 0.6) is 0 Å². The van der Waals surface area contributed by atoms with Gasteiger partial charge in [-0.15, -0.1) is 0 Å². The van der Waals surface area contributed by atoms with E-state index in [1.807, 2.05) is 29.8 Å². The summed E-state index contributed by atoms with van der Waals surface area (Å²) in [5.41, 5.74) is 2.20. The first-order valence-corrected chi connectivity index (χ1v) is 6.32. The van der Waals surface area contributed by atoms with Crippen molar-refractivity contribution >= 4 is 61.9 Å². The zero-order valence-electron chi connectivity index (χ0n) is 8.29. The van der Waals surface area contributed by atoms with Crippen molar-refractivity contribution in [2.45, 2.75) is 6.92 Å². The molecule has 2 aromatic rings. The molecule has 0 amide bonds. The molecule has 16 heavy (non-hydrogen) atoms. The molecule has 0 fully saturated rings. The Morgan fingerprint density at radius 1 is 1.56 bits per heavy atom. The number of fused-ring (bicyclic) bond motifs is 1. The Labute approximate surface area is 114 Å². The molecule has 0 aromatic carbocycles. The van der Waals surface area contributed by atoms with Gasteiger partial charge in [0, 0.05) is 17.1 Å². The molecule has 6 heteroatoms. The number of hydrogen-bond donors (Lipinski definition) is 1. The number of aromatic nitrogens is 2. The summed E-state index contributed by atoms with van der Waals surface area (Å²) in [6.07, 6.45) is 2.30. The minimum Gasteiger partial charge on any atom is -0.312 e. The lowest BCUT2D eigenvalue weighted by Gasteiger charge is -2.08. The molecule has 4 nitrogen and oxygen atoms in total. The minimum atomic E-state index is 0.555. The average molecular weight is 392 g/mol. The van der Waals surface area contributed by atoms with Crippen molar-refractivity contribution < 1.29 is 4.79 Å². The predicted octanol–water partition coefficient (Wildman–Crippen LogP) is 3.28. The van der Waals surface area contributed by atoms with Gasteiger partial charge in [0.15, 0.2) is 17.8 Å². The average Bonchev–Trinajstić information content (AvgIpc) is 2.33. The highest BCUT2D eigenvalue weighted by Gasteiger charge is 2.10. The summed E-state index contributed by atoms with van der Waals surface area (Å²) in [6, 6.07) is 1.79. The van der Waals surface area contributed by atoms with Crippen LogP contribution in [0.4, 0.5) is 5.82 Å². The van der Waals surface area contributed by atoms with Crippen LogP contribution in [0.1, 0.15) is 15.9 Å². The maximum Gasteiger partial charge on any atom is 0.161 e. The van der Waals surface area contributed by atoms with Gasteiger partial charge >= 0.3 is 0 Å². The van der Waals surface area contributed by atoms with E-state index in [1.165, 1.54) is 6.20 Å². The molecule has 0 radical (unpaired) electrons. The van der Waals surface area contributed by atoms with Gasteiger partial charge in [0.25, 0.3) is 0 Å². The fraction of sp³-hybridized carbons (Fsp3) is 0.100. The number of halogens is 2. The smallest absolute Gasteiger partial charge is 0.161 e. The van der Waals surface area contributed by atoms with Gasteiger partial charge in [-0.3, -0.25) is 4.79 Å². The molecule has 0 unspecified atom stereocenters. The SMILES string of the molecule is Cc1c(Br)c(NI)nc2ncc(C=O)cc12.